The average molecular weight is 506 g/mol. The lowest BCUT2D eigenvalue weighted by atomic mass is 9.34. The molecule has 0 amide bonds. The highest BCUT2D eigenvalue weighted by Gasteiger charge is 2.69. The Morgan fingerprint density at radius 3 is 2.41 bits per heavy atom. The summed E-state index contributed by atoms with van der Waals surface area (Å²) in [6, 6.07) is 0. The van der Waals surface area contributed by atoms with Crippen LogP contribution in [0.3, 0.4) is 0 Å². The summed E-state index contributed by atoms with van der Waals surface area (Å²) in [7, 11) is 0. The molecule has 0 bridgehead atoms. The Morgan fingerprint density at radius 2 is 1.76 bits per heavy atom. The minimum Gasteiger partial charge on any atom is -0.523 e. The van der Waals surface area contributed by atoms with Gasteiger partial charge in [-0.25, -0.2) is 4.85 Å². The summed E-state index contributed by atoms with van der Waals surface area (Å²) in [6.07, 6.45) is 10.7. The zero-order chi connectivity index (χ0) is 27.2. The summed E-state index contributed by atoms with van der Waals surface area (Å²) in [5.74, 6) is 1.03. The lowest BCUT2D eigenvalue weighted by molar-refractivity contribution is -0.177. The van der Waals surface area contributed by atoms with Crippen molar-refractivity contribution in [3.8, 4) is 0 Å². The lowest BCUT2D eigenvalue weighted by Crippen LogP contribution is -2.65. The van der Waals surface area contributed by atoms with Crippen molar-refractivity contribution in [1.29, 1.82) is 0 Å². The van der Waals surface area contributed by atoms with E-state index in [-0.39, 0.29) is 62.3 Å². The molecule has 0 aromatic heterocycles. The van der Waals surface area contributed by atoms with Crippen molar-refractivity contribution in [2.45, 2.75) is 113 Å². The van der Waals surface area contributed by atoms with Gasteiger partial charge in [0, 0.05) is 23.7 Å². The molecule has 37 heavy (non-hydrogen) atoms. The fraction of sp³-hybridized carbons (Fsp3) is 0.788. The Bertz CT molecular complexity index is 1140. The third-order valence-electron chi connectivity index (χ3n) is 12.8. The normalized spacial score (nSPS) is 46.5. The van der Waals surface area contributed by atoms with Crippen molar-refractivity contribution < 1.29 is 14.7 Å². The third kappa shape index (κ3) is 3.37. The number of fused-ring (bicyclic) bond motifs is 7. The molecule has 0 radical (unpaired) electrons. The van der Waals surface area contributed by atoms with E-state index in [2.05, 4.69) is 53.3 Å². The summed E-state index contributed by atoms with van der Waals surface area (Å²) in [5.41, 5.74) is 0.819. The van der Waals surface area contributed by atoms with Gasteiger partial charge in [0.1, 0.15) is 5.78 Å². The highest BCUT2D eigenvalue weighted by atomic mass is 16.3. The van der Waals surface area contributed by atoms with Gasteiger partial charge in [-0.1, -0.05) is 54.0 Å². The summed E-state index contributed by atoms with van der Waals surface area (Å²) in [4.78, 5) is 32.0. The molecule has 0 aromatic rings. The highest BCUT2D eigenvalue weighted by molar-refractivity contribution is 5.97. The average Bonchev–Trinajstić information content (AvgIpc) is 2.82. The van der Waals surface area contributed by atoms with E-state index in [1.165, 1.54) is 5.57 Å². The van der Waals surface area contributed by atoms with Crippen molar-refractivity contribution >= 4 is 11.6 Å². The van der Waals surface area contributed by atoms with Crippen LogP contribution in [0.2, 0.25) is 0 Å². The maximum atomic E-state index is 14.4. The molecular formula is C33H47NO3. The Labute approximate surface area is 224 Å². The molecule has 0 aliphatic heterocycles. The molecule has 0 saturated heterocycles. The molecule has 3 fully saturated rings. The molecule has 0 aromatic carbocycles. The van der Waals surface area contributed by atoms with Gasteiger partial charge in [-0.15, -0.1) is 0 Å². The van der Waals surface area contributed by atoms with Gasteiger partial charge in [0.15, 0.2) is 5.78 Å². The quantitative estimate of drug-likeness (QED) is 0.393. The number of nitrogens with zero attached hydrogens (tertiary/aromatic N) is 1. The lowest BCUT2D eigenvalue weighted by Gasteiger charge is -2.69. The van der Waals surface area contributed by atoms with Crippen molar-refractivity contribution in [1.82, 2.24) is 0 Å². The van der Waals surface area contributed by atoms with E-state index < -0.39 is 0 Å². The number of carbonyl (C=O) groups is 2. The Hall–Kier alpha value is -1.89. The first-order valence-corrected chi connectivity index (χ1v) is 14.8. The number of Topliss-reactive ketones (excluding diaryl/α,β-unsaturated/α-hetero) is 1. The zero-order valence-electron chi connectivity index (χ0n) is 24.2. The number of carbonyl (C=O) groups excluding carboxylic acids is 2. The summed E-state index contributed by atoms with van der Waals surface area (Å²) in [5, 5.41) is 10.8. The van der Waals surface area contributed by atoms with Crippen LogP contribution in [0.15, 0.2) is 23.1 Å². The van der Waals surface area contributed by atoms with Gasteiger partial charge in [-0.2, -0.15) is 0 Å². The number of rotatable bonds is 3. The van der Waals surface area contributed by atoms with Gasteiger partial charge in [0.25, 0.3) is 0 Å². The summed E-state index contributed by atoms with van der Waals surface area (Å²) < 4.78 is 0. The van der Waals surface area contributed by atoms with E-state index in [4.69, 9.17) is 6.57 Å². The zero-order valence-corrected chi connectivity index (χ0v) is 24.2. The van der Waals surface area contributed by atoms with Crippen LogP contribution in [-0.2, 0) is 9.59 Å². The molecule has 4 nitrogen and oxygen atoms in total. The second kappa shape index (κ2) is 8.30. The largest absolute Gasteiger partial charge is 0.523 e. The first-order chi connectivity index (χ1) is 17.2. The molecule has 0 spiro atoms. The maximum absolute atomic E-state index is 14.4. The van der Waals surface area contributed by atoms with Crippen molar-refractivity contribution in [2.24, 2.45) is 50.7 Å². The standard InChI is InChI=1S/C33H47NO3/c1-9-10-26(36)33-15-13-29(3,4)18-22(33)27-24(35)17-25-30(5)19-23(34-8)28(37)20(2)21(30)11-12-31(25,6)32(27,7)14-16-33/h17,20-22,27,37H,9-16,18-19H2,1-7H3/t20-,21-,22-,27-,30-,31+,32+,33-/m0/s1. The van der Waals surface area contributed by atoms with Crippen LogP contribution in [0.1, 0.15) is 113 Å². The Kier molecular flexibility index (Phi) is 5.99. The highest BCUT2D eigenvalue weighted by Crippen LogP contribution is 2.74. The van der Waals surface area contributed by atoms with E-state index in [0.29, 0.717) is 24.3 Å². The smallest absolute Gasteiger partial charge is 0.203 e. The van der Waals surface area contributed by atoms with Crippen LogP contribution in [0.5, 0.6) is 0 Å². The van der Waals surface area contributed by atoms with Crippen LogP contribution >= 0.6 is 0 Å². The third-order valence-corrected chi connectivity index (χ3v) is 12.8. The number of aliphatic hydroxyl groups excluding tert-OH is 1. The van der Waals surface area contributed by atoms with Gasteiger partial charge in [0.2, 0.25) is 5.70 Å². The molecule has 4 heteroatoms. The molecule has 0 heterocycles. The Balaban J connectivity index is 1.65. The predicted octanol–water partition coefficient (Wildman–Crippen LogP) is 8.24. The number of hydrogen-bond acceptors (Lipinski definition) is 3. The first kappa shape index (κ1) is 26.7. The van der Waals surface area contributed by atoms with Gasteiger partial charge in [0.05, 0.1) is 12.3 Å². The molecule has 202 valence electrons. The summed E-state index contributed by atoms with van der Waals surface area (Å²) >= 11 is 0. The Morgan fingerprint density at radius 1 is 1.08 bits per heavy atom. The van der Waals surface area contributed by atoms with Crippen LogP contribution in [0.4, 0.5) is 0 Å². The van der Waals surface area contributed by atoms with Crippen LogP contribution in [-0.4, -0.2) is 16.7 Å². The molecule has 8 atom stereocenters. The summed E-state index contributed by atoms with van der Waals surface area (Å²) in [6.45, 7) is 23.6. The second-order valence-electron chi connectivity index (χ2n) is 15.0. The van der Waals surface area contributed by atoms with Crippen molar-refractivity contribution in [3.05, 3.63) is 34.5 Å². The fourth-order valence-electron chi connectivity index (χ4n) is 10.5. The monoisotopic (exact) mass is 505 g/mol. The molecule has 5 aliphatic rings. The molecule has 0 unspecified atom stereocenters. The van der Waals surface area contributed by atoms with Gasteiger partial charge in [-0.05, 0) is 97.4 Å². The minimum atomic E-state index is -0.348. The van der Waals surface area contributed by atoms with Gasteiger partial charge >= 0.3 is 0 Å². The van der Waals surface area contributed by atoms with Crippen LogP contribution < -0.4 is 0 Å². The predicted molar refractivity (Wildman–Crippen MR) is 146 cm³/mol. The van der Waals surface area contributed by atoms with Crippen molar-refractivity contribution in [3.63, 3.8) is 0 Å². The van der Waals surface area contributed by atoms with Gasteiger partial charge < -0.3 is 5.11 Å². The van der Waals surface area contributed by atoms with E-state index in [1.807, 2.05) is 6.08 Å². The van der Waals surface area contributed by atoms with Crippen LogP contribution in [0.25, 0.3) is 4.85 Å². The molecule has 1 N–H and O–H groups in total. The molecule has 5 rings (SSSR count). The maximum Gasteiger partial charge on any atom is 0.203 e. The fourth-order valence-corrected chi connectivity index (χ4v) is 10.5. The van der Waals surface area contributed by atoms with E-state index in [9.17, 15) is 14.7 Å². The van der Waals surface area contributed by atoms with E-state index >= 15 is 0 Å². The number of allylic oxidation sites excluding steroid dienone is 4. The minimum absolute atomic E-state index is 0.0706. The SMILES string of the molecule is [C-]#[N+]C1=C(O)[C@@H](C)[C@@H]2CC[C@]3(C)C(=CC(=O)[C@@H]4[C@@H]5CC(C)(C)CC[C@]5(C(=O)CCC)CC[C@]43C)[C@@]2(C)C1. The molecule has 3 saturated carbocycles. The van der Waals surface area contributed by atoms with Crippen molar-refractivity contribution in [2.75, 3.05) is 0 Å². The number of hydrogen-bond donors (Lipinski definition) is 1. The first-order valence-electron chi connectivity index (χ1n) is 14.8. The topological polar surface area (TPSA) is 58.7 Å². The molecule has 5 aliphatic carbocycles. The number of aliphatic hydroxyl groups is 1. The van der Waals surface area contributed by atoms with E-state index in [0.717, 1.165) is 51.4 Å². The van der Waals surface area contributed by atoms with Crippen LogP contribution in [0, 0.1) is 57.3 Å². The number of ketones is 2. The van der Waals surface area contributed by atoms with Gasteiger partial charge in [-0.3, -0.25) is 9.59 Å². The second-order valence-corrected chi connectivity index (χ2v) is 15.0. The van der Waals surface area contributed by atoms with E-state index in [1.54, 1.807) is 0 Å². The molecular weight excluding hydrogens is 458 g/mol.